The number of Topliss-reactive ketones (excluding diaryl/α,β-unsaturated/α-hetero) is 1. The van der Waals surface area contributed by atoms with Crippen molar-refractivity contribution >= 4 is 38.9 Å². The van der Waals surface area contributed by atoms with Gasteiger partial charge in [-0.1, -0.05) is 60.7 Å². The molecule has 0 fully saturated rings. The van der Waals surface area contributed by atoms with Crippen LogP contribution in [0.15, 0.2) is 84.0 Å². The predicted octanol–water partition coefficient (Wildman–Crippen LogP) is 4.32. The first-order chi connectivity index (χ1) is 13.2. The van der Waals surface area contributed by atoms with E-state index in [1.165, 1.54) is 0 Å². The van der Waals surface area contributed by atoms with Gasteiger partial charge in [0.15, 0.2) is 0 Å². The fourth-order valence-corrected chi connectivity index (χ4v) is 3.67. The number of hydrogen-bond acceptors (Lipinski definition) is 3. The van der Waals surface area contributed by atoms with E-state index in [-0.39, 0.29) is 17.4 Å². The fraction of sp³-hybridized carbons (Fsp3) is 0. The molecule has 0 unspecified atom stereocenters. The second-order valence-corrected chi connectivity index (χ2v) is 6.47. The number of benzene rings is 4. The summed E-state index contributed by atoms with van der Waals surface area (Å²) < 4.78 is 0. The second-order valence-electron chi connectivity index (χ2n) is 6.47. The highest BCUT2D eigenvalue weighted by atomic mass is 16.2. The molecular weight excluding hydrogens is 336 g/mol. The van der Waals surface area contributed by atoms with Crippen LogP contribution in [0.25, 0.3) is 21.5 Å². The summed E-state index contributed by atoms with van der Waals surface area (Å²) in [5.41, 5.74) is 4.71. The van der Waals surface area contributed by atoms with Gasteiger partial charge in [0.1, 0.15) is 5.71 Å². The zero-order valence-corrected chi connectivity index (χ0v) is 14.3. The smallest absolute Gasteiger partial charge is 0.271 e. The molecule has 0 atom stereocenters. The number of carbonyl (C=O) groups excluding carboxylic acids is 2. The lowest BCUT2D eigenvalue weighted by Crippen LogP contribution is -2.22. The Morgan fingerprint density at radius 2 is 1.56 bits per heavy atom. The Morgan fingerprint density at radius 3 is 2.41 bits per heavy atom. The molecule has 1 amide bonds. The first-order valence-electron chi connectivity index (χ1n) is 8.66. The summed E-state index contributed by atoms with van der Waals surface area (Å²) in [5.74, 6) is -0.504. The number of amides is 1. The van der Waals surface area contributed by atoms with E-state index in [2.05, 4.69) is 16.6 Å². The van der Waals surface area contributed by atoms with Crippen LogP contribution in [0.4, 0.5) is 0 Å². The standard InChI is InChI=1S/C23H14N2O2/c26-22-20-17-11-5-4-9-15(17)13-16-10-6-12-18(19(16)20)21(22)24-25-23(27)14-7-2-1-3-8-14/h1-13H,(H,25,27). The maximum Gasteiger partial charge on any atom is 0.271 e. The number of hydrogen-bond donors (Lipinski definition) is 1. The Labute approximate surface area is 155 Å². The van der Waals surface area contributed by atoms with Gasteiger partial charge in [-0.25, -0.2) is 5.43 Å². The minimum absolute atomic E-state index is 0.161. The third kappa shape index (κ3) is 2.34. The lowest BCUT2D eigenvalue weighted by Gasteiger charge is -2.05. The topological polar surface area (TPSA) is 58.5 Å². The lowest BCUT2D eigenvalue weighted by atomic mass is 9.98. The first-order valence-corrected chi connectivity index (χ1v) is 8.66. The van der Waals surface area contributed by atoms with Crippen molar-refractivity contribution in [3.05, 3.63) is 95.6 Å². The molecule has 0 radical (unpaired) electrons. The van der Waals surface area contributed by atoms with Gasteiger partial charge in [-0.3, -0.25) is 9.59 Å². The normalized spacial score (nSPS) is 14.2. The van der Waals surface area contributed by atoms with Crippen LogP contribution in [0, 0.1) is 0 Å². The Hall–Kier alpha value is -3.79. The van der Waals surface area contributed by atoms with E-state index in [1.54, 1.807) is 24.3 Å². The summed E-state index contributed by atoms with van der Waals surface area (Å²) in [7, 11) is 0. The van der Waals surface area contributed by atoms with Gasteiger partial charge < -0.3 is 0 Å². The number of hydrazone groups is 1. The highest BCUT2D eigenvalue weighted by Crippen LogP contribution is 2.36. The average Bonchev–Trinajstić information content (AvgIpc) is 3.00. The highest BCUT2D eigenvalue weighted by molar-refractivity contribution is 6.61. The molecular formula is C23H14N2O2. The molecule has 1 aliphatic carbocycles. The van der Waals surface area contributed by atoms with Gasteiger partial charge >= 0.3 is 0 Å². The van der Waals surface area contributed by atoms with Crippen molar-refractivity contribution in [3.63, 3.8) is 0 Å². The van der Waals surface area contributed by atoms with Crippen LogP contribution in [0.2, 0.25) is 0 Å². The van der Waals surface area contributed by atoms with E-state index in [9.17, 15) is 9.59 Å². The van der Waals surface area contributed by atoms with E-state index < -0.39 is 0 Å². The Bertz CT molecular complexity index is 1270. The molecule has 5 rings (SSSR count). The molecule has 0 spiro atoms. The maximum absolute atomic E-state index is 13.2. The molecule has 1 aliphatic rings. The highest BCUT2D eigenvalue weighted by Gasteiger charge is 2.31. The molecule has 0 saturated heterocycles. The van der Waals surface area contributed by atoms with Gasteiger partial charge in [-0.15, -0.1) is 0 Å². The van der Waals surface area contributed by atoms with Gasteiger partial charge in [0.25, 0.3) is 5.91 Å². The van der Waals surface area contributed by atoms with E-state index in [0.717, 1.165) is 27.1 Å². The summed E-state index contributed by atoms with van der Waals surface area (Å²) in [4.78, 5) is 25.5. The van der Waals surface area contributed by atoms with Crippen molar-refractivity contribution < 1.29 is 9.59 Å². The minimum atomic E-state index is -0.344. The molecule has 0 aromatic heterocycles. The van der Waals surface area contributed by atoms with Gasteiger partial charge in [0.2, 0.25) is 5.78 Å². The van der Waals surface area contributed by atoms with Crippen LogP contribution in [-0.4, -0.2) is 17.4 Å². The number of nitrogens with one attached hydrogen (secondary N) is 1. The van der Waals surface area contributed by atoms with Gasteiger partial charge in [-0.05, 0) is 34.4 Å². The van der Waals surface area contributed by atoms with Crippen molar-refractivity contribution in [2.75, 3.05) is 0 Å². The number of carbonyl (C=O) groups is 2. The van der Waals surface area contributed by atoms with Crippen LogP contribution >= 0.6 is 0 Å². The van der Waals surface area contributed by atoms with E-state index in [0.29, 0.717) is 11.1 Å². The minimum Gasteiger partial charge on any atom is -0.287 e. The largest absolute Gasteiger partial charge is 0.287 e. The summed E-state index contributed by atoms with van der Waals surface area (Å²) in [6.45, 7) is 0. The van der Waals surface area contributed by atoms with E-state index in [1.807, 2.05) is 48.5 Å². The van der Waals surface area contributed by atoms with Gasteiger partial charge in [0, 0.05) is 22.1 Å². The van der Waals surface area contributed by atoms with Crippen molar-refractivity contribution in [3.8, 4) is 0 Å². The van der Waals surface area contributed by atoms with Crippen molar-refractivity contribution in [2.45, 2.75) is 0 Å². The molecule has 0 bridgehead atoms. The molecule has 1 N–H and O–H groups in total. The SMILES string of the molecule is O=C(NN=C1C(=O)c2c3ccccc3cc3cccc1c23)c1ccccc1. The quantitative estimate of drug-likeness (QED) is 0.432. The van der Waals surface area contributed by atoms with Crippen molar-refractivity contribution in [1.82, 2.24) is 5.43 Å². The zero-order chi connectivity index (χ0) is 18.4. The average molecular weight is 350 g/mol. The van der Waals surface area contributed by atoms with Crippen molar-refractivity contribution in [2.24, 2.45) is 5.10 Å². The fourth-order valence-electron chi connectivity index (χ4n) is 3.67. The van der Waals surface area contributed by atoms with E-state index in [4.69, 9.17) is 0 Å². The number of rotatable bonds is 2. The van der Waals surface area contributed by atoms with Crippen molar-refractivity contribution in [1.29, 1.82) is 0 Å². The first kappa shape index (κ1) is 15.5. The molecule has 4 aromatic carbocycles. The predicted molar refractivity (Wildman–Crippen MR) is 106 cm³/mol. The number of ketones is 1. The molecule has 27 heavy (non-hydrogen) atoms. The molecule has 0 saturated carbocycles. The Kier molecular flexibility index (Phi) is 3.37. The van der Waals surface area contributed by atoms with Crippen LogP contribution in [0.5, 0.6) is 0 Å². The van der Waals surface area contributed by atoms with Crippen LogP contribution in [0.1, 0.15) is 26.3 Å². The molecule has 0 aliphatic heterocycles. The Balaban J connectivity index is 1.64. The van der Waals surface area contributed by atoms with E-state index >= 15 is 0 Å². The van der Waals surface area contributed by atoms with Crippen LogP contribution < -0.4 is 5.43 Å². The summed E-state index contributed by atoms with van der Waals surface area (Å²) >= 11 is 0. The van der Waals surface area contributed by atoms with Crippen LogP contribution in [0.3, 0.4) is 0 Å². The monoisotopic (exact) mass is 350 g/mol. The summed E-state index contributed by atoms with van der Waals surface area (Å²) in [6, 6.07) is 24.5. The third-order valence-corrected chi connectivity index (χ3v) is 4.89. The van der Waals surface area contributed by atoms with Gasteiger partial charge in [-0.2, -0.15) is 5.10 Å². The third-order valence-electron chi connectivity index (χ3n) is 4.89. The molecule has 4 nitrogen and oxygen atoms in total. The second kappa shape index (κ2) is 5.88. The van der Waals surface area contributed by atoms with Gasteiger partial charge in [0.05, 0.1) is 0 Å². The summed E-state index contributed by atoms with van der Waals surface area (Å²) in [5, 5.41) is 8.01. The molecule has 4 aromatic rings. The molecule has 4 heteroatoms. The van der Waals surface area contributed by atoms with Crippen LogP contribution in [-0.2, 0) is 0 Å². The molecule has 0 heterocycles. The maximum atomic E-state index is 13.2. The zero-order valence-electron chi connectivity index (χ0n) is 14.3. The molecule has 128 valence electrons. The number of nitrogens with zero attached hydrogens (tertiary/aromatic N) is 1. The Morgan fingerprint density at radius 1 is 0.815 bits per heavy atom. The summed E-state index contributed by atoms with van der Waals surface area (Å²) in [6.07, 6.45) is 0. The lowest BCUT2D eigenvalue weighted by molar-refractivity contribution is 0.0955. The number of fused-ring (bicyclic) bond motifs is 2.